The summed E-state index contributed by atoms with van der Waals surface area (Å²) in [5.41, 5.74) is 9.89. The third-order valence-corrected chi connectivity index (χ3v) is 8.13. The van der Waals surface area contributed by atoms with E-state index in [4.69, 9.17) is 21.0 Å². The van der Waals surface area contributed by atoms with Crippen molar-refractivity contribution < 1.29 is 14.6 Å². The van der Waals surface area contributed by atoms with E-state index in [0.717, 1.165) is 6.20 Å². The maximum absolute atomic E-state index is 13.6. The van der Waals surface area contributed by atoms with Crippen LogP contribution >= 0.6 is 0 Å². The van der Waals surface area contributed by atoms with Gasteiger partial charge in [0.1, 0.15) is 29.0 Å². The first-order valence-electron chi connectivity index (χ1n) is 15.8. The van der Waals surface area contributed by atoms with Gasteiger partial charge in [-0.05, 0) is 67.4 Å². The number of imidazole rings is 1. The lowest BCUT2D eigenvalue weighted by molar-refractivity contribution is -0.279. The fourth-order valence-electron chi connectivity index (χ4n) is 5.71. The van der Waals surface area contributed by atoms with E-state index >= 15 is 0 Å². The van der Waals surface area contributed by atoms with E-state index < -0.39 is 11.7 Å². The molecule has 1 aliphatic heterocycles. The molecule has 0 saturated carbocycles. The summed E-state index contributed by atoms with van der Waals surface area (Å²) in [4.78, 5) is 27.7. The summed E-state index contributed by atoms with van der Waals surface area (Å²) >= 11 is 0. The van der Waals surface area contributed by atoms with Crippen LogP contribution in [0.15, 0.2) is 85.3 Å². The first-order chi connectivity index (χ1) is 23.8. The maximum Gasteiger partial charge on any atom is 0.253 e. The van der Waals surface area contributed by atoms with Gasteiger partial charge >= 0.3 is 0 Å². The Balaban J connectivity index is 0.00000205. The Kier molecular flexibility index (Phi) is 9.49. The number of piperidine rings is 1. The highest BCUT2D eigenvalue weighted by atomic mass is 19.1. The molecule has 0 atom stereocenters. The molecule has 1 aliphatic rings. The third kappa shape index (κ3) is 6.76. The lowest BCUT2D eigenvalue weighted by Gasteiger charge is -2.40. The van der Waals surface area contributed by atoms with E-state index in [9.17, 15) is 14.6 Å². The van der Waals surface area contributed by atoms with Gasteiger partial charge in [-0.15, -0.1) is 0 Å². The monoisotopic (exact) mass is 659 g/mol. The van der Waals surface area contributed by atoms with Crippen molar-refractivity contribution in [3.63, 3.8) is 0 Å². The molecule has 6 aromatic rings. The highest BCUT2D eigenvalue weighted by molar-refractivity contribution is 5.84. The standard InChI is InChI=1S/C33H28FN11O2.C2H6/c34-21-5-8-25(39-19-21)26-9-10-27-32(41-26)45(31(42-27)24-2-1-14-38-30(24)36)23-6-3-20(4-7-23)33(46,47)44-16-12-22(13-17-44)40-28-11-15-37-29(18-35)43-28;1-2/h1-11,14-15,19,22,46-47H,12-13,16-17H2,(H2,36,38)(H,37,40,43);1-2H3. The van der Waals surface area contributed by atoms with Crippen LogP contribution in [0.4, 0.5) is 16.0 Å². The molecule has 5 N–H and O–H groups in total. The van der Waals surface area contributed by atoms with Crippen molar-refractivity contribution in [1.82, 2.24) is 39.4 Å². The Labute approximate surface area is 281 Å². The van der Waals surface area contributed by atoms with E-state index in [-0.39, 0.29) is 23.2 Å². The van der Waals surface area contributed by atoms with Crippen LogP contribution in [0.1, 0.15) is 38.1 Å². The normalized spacial score (nSPS) is 13.8. The number of nitriles is 1. The van der Waals surface area contributed by atoms with Crippen LogP contribution in [-0.2, 0) is 5.91 Å². The van der Waals surface area contributed by atoms with Gasteiger partial charge in [0.25, 0.3) is 5.91 Å². The first-order valence-corrected chi connectivity index (χ1v) is 15.8. The Morgan fingerprint density at radius 1 is 0.898 bits per heavy atom. The predicted molar refractivity (Wildman–Crippen MR) is 182 cm³/mol. The van der Waals surface area contributed by atoms with Crippen LogP contribution in [0.25, 0.3) is 39.6 Å². The molecule has 0 radical (unpaired) electrons. The molecule has 14 heteroatoms. The number of likely N-dealkylation sites (tertiary alicyclic amines) is 1. The summed E-state index contributed by atoms with van der Waals surface area (Å²) in [6.45, 7) is 4.81. The molecule has 7 rings (SSSR count). The van der Waals surface area contributed by atoms with Gasteiger partial charge in [0.15, 0.2) is 11.5 Å². The fourth-order valence-corrected chi connectivity index (χ4v) is 5.71. The number of halogens is 1. The van der Waals surface area contributed by atoms with E-state index in [1.807, 2.05) is 36.6 Å². The minimum atomic E-state index is -2.22. The zero-order valence-corrected chi connectivity index (χ0v) is 26.9. The van der Waals surface area contributed by atoms with Crippen LogP contribution in [0.3, 0.4) is 0 Å². The average molecular weight is 660 g/mol. The molecule has 0 bridgehead atoms. The maximum atomic E-state index is 13.6. The molecular weight excluding hydrogens is 625 g/mol. The largest absolute Gasteiger partial charge is 0.383 e. The topological polar surface area (TPSA) is 188 Å². The van der Waals surface area contributed by atoms with Crippen molar-refractivity contribution in [3.05, 3.63) is 103 Å². The predicted octanol–water partition coefficient (Wildman–Crippen LogP) is 4.63. The van der Waals surface area contributed by atoms with Gasteiger partial charge in [-0.2, -0.15) is 5.26 Å². The number of rotatable bonds is 7. The number of anilines is 2. The quantitative estimate of drug-likeness (QED) is 0.174. The summed E-state index contributed by atoms with van der Waals surface area (Å²) < 4.78 is 15.4. The highest BCUT2D eigenvalue weighted by Gasteiger charge is 2.37. The van der Waals surface area contributed by atoms with Crippen LogP contribution < -0.4 is 11.1 Å². The smallest absolute Gasteiger partial charge is 0.253 e. The second-order valence-electron chi connectivity index (χ2n) is 11.1. The lowest BCUT2D eigenvalue weighted by Crippen LogP contribution is -2.51. The number of benzene rings is 1. The second-order valence-corrected chi connectivity index (χ2v) is 11.1. The molecule has 13 nitrogen and oxygen atoms in total. The zero-order chi connectivity index (χ0) is 34.5. The van der Waals surface area contributed by atoms with Crippen LogP contribution in [0.2, 0.25) is 0 Å². The number of nitrogens with two attached hydrogens (primary N) is 1. The molecule has 0 unspecified atom stereocenters. The summed E-state index contributed by atoms with van der Waals surface area (Å²) in [5.74, 6) is -1.25. The fraction of sp³-hybridized carbons (Fsp3) is 0.229. The number of nitrogens with one attached hydrogen (secondary N) is 1. The number of pyridine rings is 3. The minimum absolute atomic E-state index is 0.0428. The molecule has 49 heavy (non-hydrogen) atoms. The van der Waals surface area contributed by atoms with Gasteiger partial charge in [-0.3, -0.25) is 9.55 Å². The Morgan fingerprint density at radius 2 is 1.65 bits per heavy atom. The van der Waals surface area contributed by atoms with Gasteiger partial charge in [0.2, 0.25) is 5.82 Å². The van der Waals surface area contributed by atoms with Gasteiger partial charge in [0.05, 0.1) is 23.1 Å². The number of nitrogens with zero attached hydrogens (tertiary/aromatic N) is 9. The Bertz CT molecular complexity index is 2100. The molecule has 6 heterocycles. The molecule has 1 saturated heterocycles. The Morgan fingerprint density at radius 3 is 2.35 bits per heavy atom. The van der Waals surface area contributed by atoms with E-state index in [2.05, 4.69) is 25.3 Å². The zero-order valence-electron chi connectivity index (χ0n) is 26.9. The highest BCUT2D eigenvalue weighted by Crippen LogP contribution is 2.33. The molecular formula is C35H34FN11O2. The number of fused-ring (bicyclic) bond motifs is 1. The van der Waals surface area contributed by atoms with E-state index in [1.54, 1.807) is 59.6 Å². The summed E-state index contributed by atoms with van der Waals surface area (Å²) in [5, 5.41) is 35.0. The van der Waals surface area contributed by atoms with Crippen LogP contribution in [0, 0.1) is 17.1 Å². The Hall–Kier alpha value is -5.88. The van der Waals surface area contributed by atoms with Gasteiger partial charge in [0, 0.05) is 42.8 Å². The summed E-state index contributed by atoms with van der Waals surface area (Å²) in [7, 11) is 0. The molecule has 0 amide bonds. The molecule has 0 aliphatic carbocycles. The summed E-state index contributed by atoms with van der Waals surface area (Å²) in [6.07, 6.45) is 5.51. The van der Waals surface area contributed by atoms with Crippen molar-refractivity contribution in [2.75, 3.05) is 24.1 Å². The van der Waals surface area contributed by atoms with Crippen molar-refractivity contribution >= 4 is 22.8 Å². The number of hydrogen-bond donors (Lipinski definition) is 4. The SMILES string of the molecule is CC.N#Cc1nccc(NC2CCN(C(O)(O)c3ccc(-n4c(-c5cccnc5N)nc5ccc(-c6ccc(F)cn6)nc54)cc3)CC2)n1. The molecule has 5 aromatic heterocycles. The van der Waals surface area contributed by atoms with Crippen LogP contribution in [-0.4, -0.2) is 68.7 Å². The molecule has 1 aromatic carbocycles. The summed E-state index contributed by atoms with van der Waals surface area (Å²) in [6, 6.07) is 20.5. The van der Waals surface area contributed by atoms with Gasteiger partial charge in [-0.1, -0.05) is 26.0 Å². The van der Waals surface area contributed by atoms with Crippen molar-refractivity contribution in [1.29, 1.82) is 5.26 Å². The second kappa shape index (κ2) is 14.1. The first kappa shape index (κ1) is 33.0. The lowest BCUT2D eigenvalue weighted by atomic mass is 10.0. The minimum Gasteiger partial charge on any atom is -0.383 e. The average Bonchev–Trinajstić information content (AvgIpc) is 3.52. The van der Waals surface area contributed by atoms with E-state index in [1.165, 1.54) is 12.3 Å². The molecule has 0 spiro atoms. The van der Waals surface area contributed by atoms with Gasteiger partial charge < -0.3 is 21.3 Å². The van der Waals surface area contributed by atoms with Crippen molar-refractivity contribution in [3.8, 4) is 34.5 Å². The number of aromatic nitrogens is 7. The number of hydrogen-bond acceptors (Lipinski definition) is 12. The molecule has 1 fully saturated rings. The van der Waals surface area contributed by atoms with Crippen LogP contribution in [0.5, 0.6) is 0 Å². The van der Waals surface area contributed by atoms with Gasteiger partial charge in [-0.25, -0.2) is 34.2 Å². The third-order valence-electron chi connectivity index (χ3n) is 8.13. The molecule has 248 valence electrons. The number of aliphatic hydroxyl groups is 2. The van der Waals surface area contributed by atoms with Crippen molar-refractivity contribution in [2.45, 2.75) is 38.6 Å². The van der Waals surface area contributed by atoms with E-state index in [0.29, 0.717) is 71.4 Å². The number of nitrogen functional groups attached to an aromatic ring is 1. The van der Waals surface area contributed by atoms with Crippen molar-refractivity contribution in [2.24, 2.45) is 0 Å².